The summed E-state index contributed by atoms with van der Waals surface area (Å²) < 4.78 is 7.44. The van der Waals surface area contributed by atoms with E-state index in [0.717, 1.165) is 5.69 Å². The Bertz CT molecular complexity index is 1090. The van der Waals surface area contributed by atoms with Crippen molar-refractivity contribution in [3.63, 3.8) is 0 Å². The lowest BCUT2D eigenvalue weighted by molar-refractivity contribution is 0.102. The minimum Gasteiger partial charge on any atom is -0.461 e. The van der Waals surface area contributed by atoms with Crippen LogP contribution in [0.2, 0.25) is 0 Å². The van der Waals surface area contributed by atoms with Crippen LogP contribution in [0.25, 0.3) is 17.3 Å². The Labute approximate surface area is 173 Å². The molecule has 0 N–H and O–H groups in total. The van der Waals surface area contributed by atoms with Gasteiger partial charge in [0.05, 0.1) is 12.0 Å². The summed E-state index contributed by atoms with van der Waals surface area (Å²) in [5, 5.41) is 9.27. The molecule has 2 heterocycles. The van der Waals surface area contributed by atoms with Crippen LogP contribution in [-0.2, 0) is 0 Å². The number of Topliss-reactive ketones (excluding diaryl/α,β-unsaturated/α-hetero) is 1. The molecule has 0 aliphatic carbocycles. The SMILES string of the molecule is CC(C)c1ccc(C(=O)CSc2nnc(-c3ccco3)n2-c2ccccc2)cc1. The Hall–Kier alpha value is -3.12. The van der Waals surface area contributed by atoms with Gasteiger partial charge < -0.3 is 4.42 Å². The maximum absolute atomic E-state index is 12.7. The van der Waals surface area contributed by atoms with Crippen LogP contribution >= 0.6 is 11.8 Å². The fourth-order valence-electron chi connectivity index (χ4n) is 3.01. The number of aromatic nitrogens is 3. The van der Waals surface area contributed by atoms with Crippen molar-refractivity contribution in [2.45, 2.75) is 24.9 Å². The number of furan rings is 1. The van der Waals surface area contributed by atoms with Gasteiger partial charge in [0.1, 0.15) is 0 Å². The van der Waals surface area contributed by atoms with Gasteiger partial charge in [0.25, 0.3) is 0 Å². The Morgan fingerprint density at radius 2 is 1.76 bits per heavy atom. The van der Waals surface area contributed by atoms with E-state index in [1.54, 1.807) is 6.26 Å². The molecule has 4 rings (SSSR count). The van der Waals surface area contributed by atoms with E-state index in [1.807, 2.05) is 71.3 Å². The summed E-state index contributed by atoms with van der Waals surface area (Å²) in [5.41, 5.74) is 2.85. The van der Waals surface area contributed by atoms with Gasteiger partial charge in [-0.3, -0.25) is 9.36 Å². The first-order valence-electron chi connectivity index (χ1n) is 9.44. The number of rotatable bonds is 7. The van der Waals surface area contributed by atoms with Gasteiger partial charge in [0.2, 0.25) is 5.82 Å². The maximum Gasteiger partial charge on any atom is 0.205 e. The van der Waals surface area contributed by atoms with E-state index in [1.165, 1.54) is 17.3 Å². The standard InChI is InChI=1S/C23H21N3O2S/c1-16(2)17-10-12-18(13-11-17)20(27)15-29-23-25-24-22(21-9-6-14-28-21)26(23)19-7-4-3-5-8-19/h3-14,16H,15H2,1-2H3. The quantitative estimate of drug-likeness (QED) is 0.296. The number of benzene rings is 2. The lowest BCUT2D eigenvalue weighted by atomic mass is 10.0. The van der Waals surface area contributed by atoms with E-state index in [2.05, 4.69) is 24.0 Å². The highest BCUT2D eigenvalue weighted by Crippen LogP contribution is 2.28. The summed E-state index contributed by atoms with van der Waals surface area (Å²) in [5.74, 6) is 2.02. The zero-order chi connectivity index (χ0) is 20.2. The molecule has 0 saturated carbocycles. The fourth-order valence-corrected chi connectivity index (χ4v) is 3.85. The monoisotopic (exact) mass is 403 g/mol. The van der Waals surface area contributed by atoms with E-state index in [9.17, 15) is 4.79 Å². The molecule has 2 aromatic heterocycles. The molecule has 0 spiro atoms. The summed E-state index contributed by atoms with van der Waals surface area (Å²) in [6, 6.07) is 21.3. The lowest BCUT2D eigenvalue weighted by Crippen LogP contribution is -2.05. The molecule has 0 bridgehead atoms. The molecule has 29 heavy (non-hydrogen) atoms. The average Bonchev–Trinajstić information content (AvgIpc) is 3.42. The van der Waals surface area contributed by atoms with E-state index in [-0.39, 0.29) is 11.5 Å². The minimum atomic E-state index is 0.0625. The van der Waals surface area contributed by atoms with Crippen molar-refractivity contribution in [2.75, 3.05) is 5.75 Å². The van der Waals surface area contributed by atoms with Crippen molar-refractivity contribution in [2.24, 2.45) is 0 Å². The predicted octanol–water partition coefficient (Wildman–Crippen LogP) is 5.63. The molecule has 0 saturated heterocycles. The normalized spacial score (nSPS) is 11.1. The second-order valence-corrected chi connectivity index (χ2v) is 7.89. The van der Waals surface area contributed by atoms with E-state index in [0.29, 0.717) is 28.2 Å². The highest BCUT2D eigenvalue weighted by molar-refractivity contribution is 7.99. The van der Waals surface area contributed by atoms with Gasteiger partial charge in [0.15, 0.2) is 16.7 Å². The van der Waals surface area contributed by atoms with E-state index < -0.39 is 0 Å². The van der Waals surface area contributed by atoms with Crippen LogP contribution in [0.1, 0.15) is 35.7 Å². The van der Waals surface area contributed by atoms with Gasteiger partial charge in [-0.2, -0.15) is 0 Å². The zero-order valence-electron chi connectivity index (χ0n) is 16.3. The van der Waals surface area contributed by atoms with Crippen molar-refractivity contribution in [3.05, 3.63) is 84.1 Å². The van der Waals surface area contributed by atoms with E-state index >= 15 is 0 Å². The molecule has 0 aliphatic rings. The van der Waals surface area contributed by atoms with Crippen LogP contribution in [0.3, 0.4) is 0 Å². The van der Waals surface area contributed by atoms with Gasteiger partial charge in [-0.25, -0.2) is 0 Å². The third-order valence-corrected chi connectivity index (χ3v) is 5.55. The molecule has 0 radical (unpaired) electrons. The number of hydrogen-bond acceptors (Lipinski definition) is 5. The molecule has 0 aliphatic heterocycles. The Morgan fingerprint density at radius 1 is 1.00 bits per heavy atom. The average molecular weight is 404 g/mol. The molecule has 0 amide bonds. The molecule has 0 fully saturated rings. The molecular formula is C23H21N3O2S. The topological polar surface area (TPSA) is 60.9 Å². The number of hydrogen-bond donors (Lipinski definition) is 0. The summed E-state index contributed by atoms with van der Waals surface area (Å²) in [7, 11) is 0. The summed E-state index contributed by atoms with van der Waals surface area (Å²) in [6.07, 6.45) is 1.61. The van der Waals surface area contributed by atoms with Crippen LogP contribution in [0.15, 0.2) is 82.6 Å². The second kappa shape index (κ2) is 8.49. The smallest absolute Gasteiger partial charge is 0.205 e. The largest absolute Gasteiger partial charge is 0.461 e. The van der Waals surface area contributed by atoms with Gasteiger partial charge in [-0.15, -0.1) is 10.2 Å². The van der Waals surface area contributed by atoms with Crippen LogP contribution in [-0.4, -0.2) is 26.3 Å². The Kier molecular flexibility index (Phi) is 5.62. The number of nitrogens with zero attached hydrogens (tertiary/aromatic N) is 3. The van der Waals surface area contributed by atoms with Crippen LogP contribution in [0, 0.1) is 0 Å². The zero-order valence-corrected chi connectivity index (χ0v) is 17.1. The van der Waals surface area contributed by atoms with Crippen molar-refractivity contribution in [1.29, 1.82) is 0 Å². The van der Waals surface area contributed by atoms with E-state index in [4.69, 9.17) is 4.42 Å². The Morgan fingerprint density at radius 3 is 2.41 bits per heavy atom. The molecule has 0 atom stereocenters. The second-order valence-electron chi connectivity index (χ2n) is 6.94. The van der Waals surface area contributed by atoms with Crippen molar-refractivity contribution in [1.82, 2.24) is 14.8 Å². The number of para-hydroxylation sites is 1. The number of carbonyl (C=O) groups is 1. The van der Waals surface area contributed by atoms with Crippen molar-refractivity contribution in [3.8, 4) is 17.3 Å². The highest BCUT2D eigenvalue weighted by Gasteiger charge is 2.19. The summed E-state index contributed by atoms with van der Waals surface area (Å²) in [4.78, 5) is 12.7. The molecule has 5 nitrogen and oxygen atoms in total. The summed E-state index contributed by atoms with van der Waals surface area (Å²) in [6.45, 7) is 4.28. The summed E-state index contributed by atoms with van der Waals surface area (Å²) >= 11 is 1.37. The van der Waals surface area contributed by atoms with Crippen molar-refractivity contribution < 1.29 is 9.21 Å². The molecule has 6 heteroatoms. The molecule has 0 unspecified atom stereocenters. The first-order chi connectivity index (χ1) is 14.1. The first-order valence-corrected chi connectivity index (χ1v) is 10.4. The first kappa shape index (κ1) is 19.2. The lowest BCUT2D eigenvalue weighted by Gasteiger charge is -2.09. The van der Waals surface area contributed by atoms with Crippen molar-refractivity contribution >= 4 is 17.5 Å². The van der Waals surface area contributed by atoms with Gasteiger partial charge in [-0.05, 0) is 35.7 Å². The van der Waals surface area contributed by atoms with Gasteiger partial charge in [-0.1, -0.05) is 68.1 Å². The van der Waals surface area contributed by atoms with Gasteiger partial charge >= 0.3 is 0 Å². The third kappa shape index (κ3) is 4.17. The minimum absolute atomic E-state index is 0.0625. The predicted molar refractivity (Wildman–Crippen MR) is 115 cm³/mol. The number of carbonyl (C=O) groups excluding carboxylic acids is 1. The fraction of sp³-hybridized carbons (Fsp3) is 0.174. The number of thioether (sulfide) groups is 1. The third-order valence-electron chi connectivity index (χ3n) is 4.62. The molecular weight excluding hydrogens is 382 g/mol. The highest BCUT2D eigenvalue weighted by atomic mass is 32.2. The molecule has 4 aromatic rings. The van der Waals surface area contributed by atoms with Crippen LogP contribution < -0.4 is 0 Å². The van der Waals surface area contributed by atoms with Crippen LogP contribution in [0.5, 0.6) is 0 Å². The maximum atomic E-state index is 12.7. The number of ketones is 1. The van der Waals surface area contributed by atoms with Crippen LogP contribution in [0.4, 0.5) is 0 Å². The molecule has 2 aromatic carbocycles. The van der Waals surface area contributed by atoms with Gasteiger partial charge in [0, 0.05) is 11.3 Å². The molecule has 146 valence electrons. The Balaban J connectivity index is 1.58.